The molecular formula is C18H17ClFN3O2. The van der Waals surface area contributed by atoms with Gasteiger partial charge in [-0.15, -0.1) is 0 Å². The number of benzene rings is 2. The van der Waals surface area contributed by atoms with E-state index in [1.807, 2.05) is 0 Å². The second kappa shape index (κ2) is 7.53. The molecule has 0 saturated carbocycles. The molecule has 2 aromatic rings. The average molecular weight is 362 g/mol. The van der Waals surface area contributed by atoms with Crippen LogP contribution in [0.2, 0.25) is 5.02 Å². The van der Waals surface area contributed by atoms with Crippen molar-refractivity contribution in [2.75, 3.05) is 36.4 Å². The molecule has 1 aliphatic heterocycles. The molecule has 25 heavy (non-hydrogen) atoms. The maximum atomic E-state index is 13.0. The van der Waals surface area contributed by atoms with Gasteiger partial charge in [0.15, 0.2) is 0 Å². The van der Waals surface area contributed by atoms with E-state index < -0.39 is 11.8 Å². The molecule has 0 atom stereocenters. The second-order valence-corrected chi connectivity index (χ2v) is 6.16. The predicted molar refractivity (Wildman–Crippen MR) is 95.3 cm³/mol. The number of rotatable bonds is 2. The van der Waals surface area contributed by atoms with Crippen molar-refractivity contribution in [2.24, 2.45) is 0 Å². The molecule has 1 aliphatic rings. The molecule has 0 aromatic heterocycles. The molecule has 2 amide bonds. The number of nitrogens with zero attached hydrogens (tertiary/aromatic N) is 2. The van der Waals surface area contributed by atoms with E-state index in [1.54, 1.807) is 36.4 Å². The minimum atomic E-state index is -0.683. The standard InChI is InChI=1S/C18H17ClFN3O2/c19-13-2-1-3-15(12-13)21-17(24)18(25)23-10-8-22(9-11-23)16-6-4-14(20)5-7-16/h1-7,12H,8-11H2,(H,21,24). The third kappa shape index (κ3) is 4.28. The van der Waals surface area contributed by atoms with Gasteiger partial charge in [-0.05, 0) is 42.5 Å². The Bertz CT molecular complexity index is 774. The molecule has 3 rings (SSSR count). The second-order valence-electron chi connectivity index (χ2n) is 5.72. The lowest BCUT2D eigenvalue weighted by Crippen LogP contribution is -2.51. The lowest BCUT2D eigenvalue weighted by molar-refractivity contribution is -0.143. The molecule has 0 radical (unpaired) electrons. The molecule has 1 saturated heterocycles. The number of nitrogens with one attached hydrogen (secondary N) is 1. The highest BCUT2D eigenvalue weighted by molar-refractivity contribution is 6.39. The maximum Gasteiger partial charge on any atom is 0.313 e. The fraction of sp³-hybridized carbons (Fsp3) is 0.222. The molecular weight excluding hydrogens is 345 g/mol. The molecule has 7 heteroatoms. The summed E-state index contributed by atoms with van der Waals surface area (Å²) in [6.45, 7) is 2.03. The van der Waals surface area contributed by atoms with Gasteiger partial charge in [0.25, 0.3) is 0 Å². The Hall–Kier alpha value is -2.60. The van der Waals surface area contributed by atoms with Gasteiger partial charge in [-0.3, -0.25) is 9.59 Å². The highest BCUT2D eigenvalue weighted by atomic mass is 35.5. The van der Waals surface area contributed by atoms with Gasteiger partial charge in [-0.1, -0.05) is 17.7 Å². The minimum absolute atomic E-state index is 0.282. The van der Waals surface area contributed by atoms with Crippen LogP contribution in [0.3, 0.4) is 0 Å². The normalized spacial score (nSPS) is 14.3. The van der Waals surface area contributed by atoms with Crippen LogP contribution in [0.25, 0.3) is 0 Å². The fourth-order valence-corrected chi connectivity index (χ4v) is 2.90. The summed E-state index contributed by atoms with van der Waals surface area (Å²) in [5.41, 5.74) is 1.38. The van der Waals surface area contributed by atoms with Crippen LogP contribution in [0.15, 0.2) is 48.5 Å². The maximum absolute atomic E-state index is 13.0. The molecule has 5 nitrogen and oxygen atoms in total. The Balaban J connectivity index is 1.55. The zero-order chi connectivity index (χ0) is 17.8. The number of amides is 2. The van der Waals surface area contributed by atoms with Gasteiger partial charge < -0.3 is 15.1 Å². The van der Waals surface area contributed by atoms with E-state index in [-0.39, 0.29) is 5.82 Å². The topological polar surface area (TPSA) is 52.7 Å². The van der Waals surface area contributed by atoms with Gasteiger partial charge in [-0.25, -0.2) is 4.39 Å². The van der Waals surface area contributed by atoms with Gasteiger partial charge in [0.2, 0.25) is 0 Å². The van der Waals surface area contributed by atoms with Crippen molar-refractivity contribution in [1.82, 2.24) is 4.90 Å². The first-order valence-corrected chi connectivity index (χ1v) is 8.27. The molecule has 0 unspecified atom stereocenters. The van der Waals surface area contributed by atoms with Gasteiger partial charge in [0.05, 0.1) is 0 Å². The Morgan fingerprint density at radius 2 is 1.68 bits per heavy atom. The molecule has 2 aromatic carbocycles. The zero-order valence-electron chi connectivity index (χ0n) is 13.4. The third-order valence-corrected chi connectivity index (χ3v) is 4.27. The average Bonchev–Trinajstić information content (AvgIpc) is 2.62. The van der Waals surface area contributed by atoms with Crippen LogP contribution in [0.4, 0.5) is 15.8 Å². The Kier molecular flexibility index (Phi) is 5.19. The van der Waals surface area contributed by atoms with Crippen LogP contribution >= 0.6 is 11.6 Å². The highest BCUT2D eigenvalue weighted by Gasteiger charge is 2.26. The van der Waals surface area contributed by atoms with Crippen molar-refractivity contribution in [3.63, 3.8) is 0 Å². The van der Waals surface area contributed by atoms with Crippen molar-refractivity contribution in [1.29, 1.82) is 0 Å². The summed E-state index contributed by atoms with van der Waals surface area (Å²) in [5, 5.41) is 3.04. The molecule has 130 valence electrons. The van der Waals surface area contributed by atoms with Crippen LogP contribution in [-0.4, -0.2) is 42.9 Å². The van der Waals surface area contributed by atoms with Gasteiger partial charge in [-0.2, -0.15) is 0 Å². The van der Waals surface area contributed by atoms with E-state index in [4.69, 9.17) is 11.6 Å². The summed E-state index contributed by atoms with van der Waals surface area (Å²) in [5.74, 6) is -1.54. The van der Waals surface area contributed by atoms with Crippen molar-refractivity contribution in [2.45, 2.75) is 0 Å². The number of hydrogen-bond acceptors (Lipinski definition) is 3. The lowest BCUT2D eigenvalue weighted by atomic mass is 10.2. The van der Waals surface area contributed by atoms with Gasteiger partial charge >= 0.3 is 11.8 Å². The monoisotopic (exact) mass is 361 g/mol. The highest BCUT2D eigenvalue weighted by Crippen LogP contribution is 2.18. The smallest absolute Gasteiger partial charge is 0.313 e. The summed E-state index contributed by atoms with van der Waals surface area (Å²) in [7, 11) is 0. The summed E-state index contributed by atoms with van der Waals surface area (Å²) in [6, 6.07) is 12.9. The quantitative estimate of drug-likeness (QED) is 0.837. The Morgan fingerprint density at radius 1 is 1.00 bits per heavy atom. The van der Waals surface area contributed by atoms with Crippen molar-refractivity contribution in [3.05, 3.63) is 59.4 Å². The number of halogens is 2. The molecule has 0 spiro atoms. The summed E-state index contributed by atoms with van der Waals surface area (Å²) < 4.78 is 13.0. The van der Waals surface area contributed by atoms with Crippen LogP contribution < -0.4 is 10.2 Å². The van der Waals surface area contributed by atoms with E-state index >= 15 is 0 Å². The van der Waals surface area contributed by atoms with Crippen molar-refractivity contribution in [3.8, 4) is 0 Å². The van der Waals surface area contributed by atoms with Crippen LogP contribution in [0.5, 0.6) is 0 Å². The molecule has 1 heterocycles. The number of piperazine rings is 1. The van der Waals surface area contributed by atoms with Gasteiger partial charge in [0.1, 0.15) is 5.82 Å². The number of carbonyl (C=O) groups excluding carboxylic acids is 2. The Morgan fingerprint density at radius 3 is 2.32 bits per heavy atom. The molecule has 0 aliphatic carbocycles. The predicted octanol–water partition coefficient (Wildman–Crippen LogP) is 2.77. The lowest BCUT2D eigenvalue weighted by Gasteiger charge is -2.35. The number of anilines is 2. The SMILES string of the molecule is O=C(Nc1cccc(Cl)c1)C(=O)N1CCN(c2ccc(F)cc2)CC1. The zero-order valence-corrected chi connectivity index (χ0v) is 14.2. The Labute approximate surface area is 150 Å². The summed E-state index contributed by atoms with van der Waals surface area (Å²) in [4.78, 5) is 28.0. The largest absolute Gasteiger partial charge is 0.368 e. The van der Waals surface area contributed by atoms with Crippen LogP contribution in [-0.2, 0) is 9.59 Å². The summed E-state index contributed by atoms with van der Waals surface area (Å²) in [6.07, 6.45) is 0. The van der Waals surface area contributed by atoms with Crippen LogP contribution in [0, 0.1) is 5.82 Å². The fourth-order valence-electron chi connectivity index (χ4n) is 2.71. The van der Waals surface area contributed by atoms with E-state index in [0.717, 1.165) is 5.69 Å². The molecule has 1 fully saturated rings. The van der Waals surface area contributed by atoms with E-state index in [1.165, 1.54) is 17.0 Å². The summed E-state index contributed by atoms with van der Waals surface area (Å²) >= 11 is 5.86. The first kappa shape index (κ1) is 17.2. The first-order chi connectivity index (χ1) is 12.0. The van der Waals surface area contributed by atoms with Gasteiger partial charge in [0, 0.05) is 42.6 Å². The third-order valence-electron chi connectivity index (χ3n) is 4.04. The minimum Gasteiger partial charge on any atom is -0.368 e. The first-order valence-electron chi connectivity index (χ1n) is 7.89. The number of carbonyl (C=O) groups is 2. The van der Waals surface area contributed by atoms with Crippen LogP contribution in [0.1, 0.15) is 0 Å². The van der Waals surface area contributed by atoms with E-state index in [9.17, 15) is 14.0 Å². The number of hydrogen-bond donors (Lipinski definition) is 1. The van der Waals surface area contributed by atoms with Crippen molar-refractivity contribution < 1.29 is 14.0 Å². The van der Waals surface area contributed by atoms with Crippen molar-refractivity contribution >= 4 is 34.8 Å². The molecule has 0 bridgehead atoms. The van der Waals surface area contributed by atoms with E-state index in [2.05, 4.69) is 10.2 Å². The molecule has 1 N–H and O–H groups in total. The van der Waals surface area contributed by atoms with E-state index in [0.29, 0.717) is 36.9 Å².